The van der Waals surface area contributed by atoms with Crippen LogP contribution in [0.2, 0.25) is 0 Å². The Morgan fingerprint density at radius 1 is 1.00 bits per heavy atom. The fraction of sp³-hybridized carbons (Fsp3) is 0.278. The van der Waals surface area contributed by atoms with Crippen LogP contribution in [0.3, 0.4) is 0 Å². The Hall–Kier alpha value is -3.29. The predicted molar refractivity (Wildman–Crippen MR) is 95.3 cm³/mol. The number of aromatic nitrogens is 2. The van der Waals surface area contributed by atoms with Crippen molar-refractivity contribution in [1.29, 1.82) is 0 Å². The predicted octanol–water partition coefficient (Wildman–Crippen LogP) is 1.34. The van der Waals surface area contributed by atoms with Gasteiger partial charge in [0.1, 0.15) is 0 Å². The maximum atomic E-state index is 12.5. The zero-order valence-corrected chi connectivity index (χ0v) is 14.4. The Morgan fingerprint density at radius 2 is 1.62 bits per heavy atom. The second kappa shape index (κ2) is 7.73. The number of anilines is 2. The van der Waals surface area contributed by atoms with E-state index < -0.39 is 0 Å². The molecule has 1 aliphatic heterocycles. The van der Waals surface area contributed by atoms with Crippen LogP contribution in [0.1, 0.15) is 27.6 Å². The summed E-state index contributed by atoms with van der Waals surface area (Å²) in [5.41, 5.74) is 1.79. The highest BCUT2D eigenvalue weighted by molar-refractivity contribution is 5.94. The number of hydrogen-bond donors (Lipinski definition) is 1. The van der Waals surface area contributed by atoms with Gasteiger partial charge in [-0.25, -0.2) is 9.97 Å². The quantitative estimate of drug-likeness (QED) is 0.644. The van der Waals surface area contributed by atoms with Crippen LogP contribution in [-0.2, 0) is 4.79 Å². The van der Waals surface area contributed by atoms with Crippen molar-refractivity contribution in [3.05, 3.63) is 47.8 Å². The molecule has 26 heavy (non-hydrogen) atoms. The fourth-order valence-corrected chi connectivity index (χ4v) is 2.63. The van der Waals surface area contributed by atoms with Gasteiger partial charge >= 0.3 is 0 Å². The number of Topliss-reactive ketones (excluding diaryl/α,β-unsaturated/α-hetero) is 1. The van der Waals surface area contributed by atoms with Crippen molar-refractivity contribution in [3.63, 3.8) is 0 Å². The third-order valence-corrected chi connectivity index (χ3v) is 4.20. The monoisotopic (exact) mass is 353 g/mol. The number of hydrogen-bond acceptors (Lipinski definition) is 6. The molecule has 0 bridgehead atoms. The third-order valence-electron chi connectivity index (χ3n) is 4.20. The van der Waals surface area contributed by atoms with Crippen molar-refractivity contribution in [2.24, 2.45) is 0 Å². The number of amides is 2. The van der Waals surface area contributed by atoms with Gasteiger partial charge < -0.3 is 15.1 Å². The van der Waals surface area contributed by atoms with Crippen molar-refractivity contribution < 1.29 is 14.4 Å². The maximum absolute atomic E-state index is 12.5. The van der Waals surface area contributed by atoms with E-state index in [0.29, 0.717) is 43.3 Å². The van der Waals surface area contributed by atoms with Crippen LogP contribution in [0.15, 0.2) is 36.7 Å². The zero-order valence-electron chi connectivity index (χ0n) is 14.4. The Balaban J connectivity index is 1.62. The van der Waals surface area contributed by atoms with E-state index in [1.165, 1.54) is 19.3 Å². The molecule has 0 saturated carbocycles. The standard InChI is InChI=1S/C18H19N5O3/c1-13(25)14-2-4-16(5-3-14)21-18-19-10-15(11-20-18)17(26)23-8-6-22(12-24)7-9-23/h2-5,10-12H,6-9H2,1H3,(H,19,20,21). The molecule has 0 atom stereocenters. The molecule has 0 aliphatic carbocycles. The van der Waals surface area contributed by atoms with Gasteiger partial charge in [-0.3, -0.25) is 14.4 Å². The first kappa shape index (κ1) is 17.5. The molecule has 134 valence electrons. The van der Waals surface area contributed by atoms with Crippen LogP contribution in [0.4, 0.5) is 11.6 Å². The van der Waals surface area contributed by atoms with E-state index in [1.54, 1.807) is 34.1 Å². The number of benzene rings is 1. The lowest BCUT2D eigenvalue weighted by Gasteiger charge is -2.32. The van der Waals surface area contributed by atoms with Gasteiger partial charge in [-0.1, -0.05) is 0 Å². The lowest BCUT2D eigenvalue weighted by atomic mass is 10.1. The highest BCUT2D eigenvalue weighted by atomic mass is 16.2. The van der Waals surface area contributed by atoms with Crippen LogP contribution in [-0.4, -0.2) is 64.0 Å². The van der Waals surface area contributed by atoms with Gasteiger partial charge in [0.15, 0.2) is 5.78 Å². The van der Waals surface area contributed by atoms with Gasteiger partial charge in [0.05, 0.1) is 5.56 Å². The largest absolute Gasteiger partial charge is 0.342 e. The zero-order chi connectivity index (χ0) is 18.5. The summed E-state index contributed by atoms with van der Waals surface area (Å²) in [4.78, 5) is 46.1. The van der Waals surface area contributed by atoms with Crippen molar-refractivity contribution >= 4 is 29.7 Å². The smallest absolute Gasteiger partial charge is 0.257 e. The van der Waals surface area contributed by atoms with Crippen molar-refractivity contribution in [2.75, 3.05) is 31.5 Å². The average Bonchev–Trinajstić information content (AvgIpc) is 2.68. The molecule has 1 aliphatic rings. The summed E-state index contributed by atoms with van der Waals surface area (Å²) in [6.45, 7) is 3.58. The average molecular weight is 353 g/mol. The van der Waals surface area contributed by atoms with Crippen LogP contribution in [0.25, 0.3) is 0 Å². The first-order valence-corrected chi connectivity index (χ1v) is 8.25. The molecule has 1 N–H and O–H groups in total. The molecular weight excluding hydrogens is 334 g/mol. The molecule has 0 spiro atoms. The number of nitrogens with one attached hydrogen (secondary N) is 1. The van der Waals surface area contributed by atoms with Gasteiger partial charge in [0.2, 0.25) is 12.4 Å². The lowest BCUT2D eigenvalue weighted by Crippen LogP contribution is -2.48. The molecule has 1 aromatic carbocycles. The Bertz CT molecular complexity index is 797. The van der Waals surface area contributed by atoms with E-state index in [1.807, 2.05) is 0 Å². The Kier molecular flexibility index (Phi) is 5.21. The number of carbonyl (C=O) groups is 3. The molecule has 8 nitrogen and oxygen atoms in total. The van der Waals surface area contributed by atoms with Crippen LogP contribution in [0.5, 0.6) is 0 Å². The summed E-state index contributed by atoms with van der Waals surface area (Å²) in [5, 5.41) is 3.03. The summed E-state index contributed by atoms with van der Waals surface area (Å²) < 4.78 is 0. The van der Waals surface area contributed by atoms with Crippen LogP contribution < -0.4 is 5.32 Å². The maximum Gasteiger partial charge on any atom is 0.257 e. The van der Waals surface area contributed by atoms with Gasteiger partial charge in [-0.2, -0.15) is 0 Å². The molecule has 8 heteroatoms. The normalized spacial score (nSPS) is 14.0. The van der Waals surface area contributed by atoms with Gasteiger partial charge in [0, 0.05) is 49.8 Å². The third kappa shape index (κ3) is 4.02. The molecular formula is C18H19N5O3. The van der Waals surface area contributed by atoms with E-state index in [4.69, 9.17) is 0 Å². The SMILES string of the molecule is CC(=O)c1ccc(Nc2ncc(C(=O)N3CCN(C=O)CC3)cn2)cc1. The molecule has 2 amide bonds. The van der Waals surface area contributed by atoms with E-state index in [-0.39, 0.29) is 11.7 Å². The van der Waals surface area contributed by atoms with Crippen LogP contribution in [0, 0.1) is 0 Å². The highest BCUT2D eigenvalue weighted by Gasteiger charge is 2.21. The molecule has 2 heterocycles. The number of nitrogens with zero attached hydrogens (tertiary/aromatic N) is 4. The summed E-state index contributed by atoms with van der Waals surface area (Å²) >= 11 is 0. The highest BCUT2D eigenvalue weighted by Crippen LogP contribution is 2.15. The molecule has 1 fully saturated rings. The topological polar surface area (TPSA) is 95.5 Å². The van der Waals surface area contributed by atoms with Crippen molar-refractivity contribution in [3.8, 4) is 0 Å². The molecule has 0 radical (unpaired) electrons. The summed E-state index contributed by atoms with van der Waals surface area (Å²) in [7, 11) is 0. The first-order valence-electron chi connectivity index (χ1n) is 8.25. The lowest BCUT2D eigenvalue weighted by molar-refractivity contribution is -0.119. The molecule has 1 saturated heterocycles. The fourth-order valence-electron chi connectivity index (χ4n) is 2.63. The summed E-state index contributed by atoms with van der Waals surface area (Å²) in [6.07, 6.45) is 3.76. The Labute approximate surface area is 150 Å². The Morgan fingerprint density at radius 3 is 2.15 bits per heavy atom. The number of rotatable bonds is 5. The second-order valence-electron chi connectivity index (χ2n) is 5.99. The summed E-state index contributed by atoms with van der Waals surface area (Å²) in [6, 6.07) is 6.99. The molecule has 3 rings (SSSR count). The minimum atomic E-state index is -0.145. The van der Waals surface area contributed by atoms with Gasteiger partial charge in [-0.15, -0.1) is 0 Å². The van der Waals surface area contributed by atoms with E-state index in [9.17, 15) is 14.4 Å². The summed E-state index contributed by atoms with van der Waals surface area (Å²) in [5.74, 6) is 0.223. The van der Waals surface area contributed by atoms with Crippen LogP contribution >= 0.6 is 0 Å². The van der Waals surface area contributed by atoms with Gasteiger partial charge in [0.25, 0.3) is 5.91 Å². The number of carbonyl (C=O) groups excluding carboxylic acids is 3. The van der Waals surface area contributed by atoms with Crippen molar-refractivity contribution in [2.45, 2.75) is 6.92 Å². The number of ketones is 1. The molecule has 1 aromatic heterocycles. The minimum Gasteiger partial charge on any atom is -0.342 e. The van der Waals surface area contributed by atoms with Gasteiger partial charge in [-0.05, 0) is 31.2 Å². The minimum absolute atomic E-state index is 0.00430. The van der Waals surface area contributed by atoms with E-state index in [2.05, 4.69) is 15.3 Å². The number of piperazine rings is 1. The van der Waals surface area contributed by atoms with Crippen molar-refractivity contribution in [1.82, 2.24) is 19.8 Å². The first-order chi connectivity index (χ1) is 12.6. The second-order valence-corrected chi connectivity index (χ2v) is 5.99. The van der Waals surface area contributed by atoms with E-state index in [0.717, 1.165) is 12.1 Å². The molecule has 0 unspecified atom stereocenters. The molecule has 2 aromatic rings. The van der Waals surface area contributed by atoms with E-state index >= 15 is 0 Å².